The first-order valence-corrected chi connectivity index (χ1v) is 9.16. The molecule has 3 aromatic rings. The minimum Gasteiger partial charge on any atom is -0.488 e. The average molecular weight is 361 g/mol. The quantitative estimate of drug-likeness (QED) is 0.605. The van der Waals surface area contributed by atoms with E-state index in [2.05, 4.69) is 5.32 Å². The highest BCUT2D eigenvalue weighted by molar-refractivity contribution is 5.94. The van der Waals surface area contributed by atoms with Crippen LogP contribution in [0.2, 0.25) is 0 Å². The molecule has 4 nitrogen and oxygen atoms in total. The summed E-state index contributed by atoms with van der Waals surface area (Å²) in [6, 6.07) is 27.0. The predicted molar refractivity (Wildman–Crippen MR) is 108 cm³/mol. The number of para-hydroxylation sites is 1. The fourth-order valence-corrected chi connectivity index (χ4v) is 2.84. The van der Waals surface area contributed by atoms with Crippen LogP contribution in [-0.4, -0.2) is 19.1 Å². The minimum absolute atomic E-state index is 0.0373. The van der Waals surface area contributed by atoms with Crippen LogP contribution in [0, 0.1) is 6.92 Å². The summed E-state index contributed by atoms with van der Waals surface area (Å²) in [5.74, 6) is 0.802. The van der Waals surface area contributed by atoms with Crippen molar-refractivity contribution in [3.63, 3.8) is 0 Å². The topological polar surface area (TPSA) is 54.9 Å². The highest BCUT2D eigenvalue weighted by Gasteiger charge is 2.23. The molecule has 0 radical (unpaired) electrons. The Bertz CT molecular complexity index is 833. The molecule has 0 saturated carbocycles. The summed E-state index contributed by atoms with van der Waals surface area (Å²) < 4.78 is 5.74. The Balaban J connectivity index is 1.62. The van der Waals surface area contributed by atoms with Gasteiger partial charge in [-0.3, -0.25) is 4.79 Å². The molecule has 0 unspecified atom stereocenters. The summed E-state index contributed by atoms with van der Waals surface area (Å²) >= 11 is 0. The van der Waals surface area contributed by atoms with Crippen molar-refractivity contribution in [2.24, 2.45) is 0 Å². The number of quaternary nitrogens is 1. The lowest BCUT2D eigenvalue weighted by atomic mass is 10.1. The molecule has 0 aromatic heterocycles. The Kier molecular flexibility index (Phi) is 6.61. The molecule has 4 heteroatoms. The van der Waals surface area contributed by atoms with Crippen molar-refractivity contribution in [1.82, 2.24) is 0 Å². The van der Waals surface area contributed by atoms with Crippen LogP contribution in [0.3, 0.4) is 0 Å². The molecule has 3 aromatic carbocycles. The fourth-order valence-electron chi connectivity index (χ4n) is 2.84. The number of nitrogens with two attached hydrogens (primary N) is 1. The molecule has 0 saturated heterocycles. The zero-order valence-electron chi connectivity index (χ0n) is 15.5. The predicted octanol–water partition coefficient (Wildman–Crippen LogP) is 3.32. The van der Waals surface area contributed by atoms with Crippen LogP contribution in [0.25, 0.3) is 0 Å². The first kappa shape index (κ1) is 18.7. The second-order valence-electron chi connectivity index (χ2n) is 6.43. The molecule has 3 N–H and O–H groups in total. The molecule has 1 atom stereocenters. The van der Waals surface area contributed by atoms with Gasteiger partial charge < -0.3 is 15.4 Å². The third-order valence-corrected chi connectivity index (χ3v) is 4.29. The zero-order chi connectivity index (χ0) is 18.9. The Morgan fingerprint density at radius 1 is 0.926 bits per heavy atom. The largest absolute Gasteiger partial charge is 0.488 e. The van der Waals surface area contributed by atoms with Gasteiger partial charge in [-0.15, -0.1) is 0 Å². The van der Waals surface area contributed by atoms with Gasteiger partial charge in [0.05, 0.1) is 0 Å². The van der Waals surface area contributed by atoms with Gasteiger partial charge in [-0.25, -0.2) is 0 Å². The lowest BCUT2D eigenvalue weighted by Gasteiger charge is -2.16. The van der Waals surface area contributed by atoms with E-state index in [4.69, 9.17) is 4.74 Å². The Labute approximate surface area is 160 Å². The van der Waals surface area contributed by atoms with E-state index in [0.29, 0.717) is 13.2 Å². The van der Waals surface area contributed by atoms with Gasteiger partial charge in [-0.2, -0.15) is 0 Å². The fraction of sp³-hybridized carbons (Fsp3) is 0.174. The van der Waals surface area contributed by atoms with E-state index in [9.17, 15) is 4.79 Å². The maximum Gasteiger partial charge on any atom is 0.287 e. The first-order chi connectivity index (χ1) is 13.2. The minimum atomic E-state index is -0.327. The first-order valence-electron chi connectivity index (χ1n) is 9.16. The number of benzene rings is 3. The molecule has 0 aliphatic heterocycles. The summed E-state index contributed by atoms with van der Waals surface area (Å²) in [4.78, 5) is 12.9. The molecule has 3 rings (SSSR count). The maximum absolute atomic E-state index is 12.9. The molecule has 0 spiro atoms. The van der Waals surface area contributed by atoms with E-state index in [-0.39, 0.29) is 11.9 Å². The number of rotatable bonds is 8. The van der Waals surface area contributed by atoms with Crippen LogP contribution in [0.4, 0.5) is 5.69 Å². The summed E-state index contributed by atoms with van der Waals surface area (Å²) in [6.45, 7) is 3.24. The van der Waals surface area contributed by atoms with Crippen LogP contribution in [0.1, 0.15) is 17.2 Å². The number of aryl methyl sites for hydroxylation is 1. The van der Waals surface area contributed by atoms with Crippen molar-refractivity contribution in [3.05, 3.63) is 96.1 Å². The lowest BCUT2D eigenvalue weighted by Crippen LogP contribution is -2.88. The standard InChI is InChI=1S/C23H24N2O2/c1-18-12-14-20(15-13-18)25-23(26)22(19-8-4-2-5-9-19)24-16-17-27-21-10-6-3-7-11-21/h2-15,22,24H,16-17H2,1H3,(H,25,26)/p+1/t22-/m1/s1. The lowest BCUT2D eigenvalue weighted by molar-refractivity contribution is -0.682. The van der Waals surface area contributed by atoms with Gasteiger partial charge in [0.25, 0.3) is 5.91 Å². The van der Waals surface area contributed by atoms with Gasteiger partial charge in [-0.1, -0.05) is 66.2 Å². The molecular formula is C23H25N2O2+. The highest BCUT2D eigenvalue weighted by atomic mass is 16.5. The summed E-state index contributed by atoms with van der Waals surface area (Å²) in [5.41, 5.74) is 2.94. The molecule has 27 heavy (non-hydrogen) atoms. The van der Waals surface area contributed by atoms with Crippen LogP contribution in [0.15, 0.2) is 84.9 Å². The second-order valence-corrected chi connectivity index (χ2v) is 6.43. The number of hydrogen-bond donors (Lipinski definition) is 2. The van der Waals surface area contributed by atoms with Crippen LogP contribution in [-0.2, 0) is 4.79 Å². The van der Waals surface area contributed by atoms with E-state index in [1.165, 1.54) is 0 Å². The van der Waals surface area contributed by atoms with Gasteiger partial charge in [0.2, 0.25) is 0 Å². The number of amides is 1. The normalized spacial score (nSPS) is 11.6. The molecule has 0 bridgehead atoms. The van der Waals surface area contributed by atoms with Crippen molar-refractivity contribution >= 4 is 11.6 Å². The van der Waals surface area contributed by atoms with Gasteiger partial charge in [0.1, 0.15) is 18.9 Å². The third kappa shape index (κ3) is 5.69. The van der Waals surface area contributed by atoms with Crippen LogP contribution in [0.5, 0.6) is 5.75 Å². The van der Waals surface area contributed by atoms with Gasteiger partial charge in [0, 0.05) is 11.3 Å². The monoisotopic (exact) mass is 361 g/mol. The average Bonchev–Trinajstić information content (AvgIpc) is 2.71. The molecule has 0 aliphatic carbocycles. The van der Waals surface area contributed by atoms with Crippen LogP contribution >= 0.6 is 0 Å². The summed E-state index contributed by atoms with van der Waals surface area (Å²) in [6.07, 6.45) is 0. The smallest absolute Gasteiger partial charge is 0.287 e. The molecule has 0 heterocycles. The van der Waals surface area contributed by atoms with E-state index < -0.39 is 0 Å². The zero-order valence-corrected chi connectivity index (χ0v) is 15.5. The number of anilines is 1. The summed E-state index contributed by atoms with van der Waals surface area (Å²) in [7, 11) is 0. The Hall–Kier alpha value is -3.11. The van der Waals surface area contributed by atoms with E-state index in [1.807, 2.05) is 97.2 Å². The van der Waals surface area contributed by atoms with E-state index >= 15 is 0 Å². The molecule has 138 valence electrons. The third-order valence-electron chi connectivity index (χ3n) is 4.29. The number of carbonyl (C=O) groups is 1. The molecule has 0 aliphatic rings. The highest BCUT2D eigenvalue weighted by Crippen LogP contribution is 2.14. The van der Waals surface area contributed by atoms with Gasteiger partial charge in [0.15, 0.2) is 6.04 Å². The van der Waals surface area contributed by atoms with Crippen molar-refractivity contribution in [2.75, 3.05) is 18.5 Å². The number of nitrogens with one attached hydrogen (secondary N) is 1. The Morgan fingerprint density at radius 2 is 1.56 bits per heavy atom. The van der Waals surface area contributed by atoms with Gasteiger partial charge >= 0.3 is 0 Å². The van der Waals surface area contributed by atoms with E-state index in [1.54, 1.807) is 0 Å². The SMILES string of the molecule is Cc1ccc(NC(=O)[C@H]([NH2+]CCOc2ccccc2)c2ccccc2)cc1. The molecular weight excluding hydrogens is 336 g/mol. The van der Waals surface area contributed by atoms with Gasteiger partial charge in [-0.05, 0) is 31.2 Å². The summed E-state index contributed by atoms with van der Waals surface area (Å²) in [5, 5.41) is 5.03. The maximum atomic E-state index is 12.9. The molecule has 1 amide bonds. The van der Waals surface area contributed by atoms with Crippen molar-refractivity contribution in [3.8, 4) is 5.75 Å². The number of hydrogen-bond acceptors (Lipinski definition) is 2. The van der Waals surface area contributed by atoms with Crippen molar-refractivity contribution in [1.29, 1.82) is 0 Å². The van der Waals surface area contributed by atoms with E-state index in [0.717, 1.165) is 22.6 Å². The number of ether oxygens (including phenoxy) is 1. The number of carbonyl (C=O) groups excluding carboxylic acids is 1. The van der Waals surface area contributed by atoms with Crippen molar-refractivity contribution in [2.45, 2.75) is 13.0 Å². The van der Waals surface area contributed by atoms with Crippen molar-refractivity contribution < 1.29 is 14.8 Å². The second kappa shape index (κ2) is 9.55. The molecule has 0 fully saturated rings. The Morgan fingerprint density at radius 3 is 2.22 bits per heavy atom. The van der Waals surface area contributed by atoms with Crippen LogP contribution < -0.4 is 15.4 Å².